The fourth-order valence-electron chi connectivity index (χ4n) is 1.22. The zero-order valence-electron chi connectivity index (χ0n) is 12.2. The molecular formula is C13H24N2O4. The number of aromatic nitrogens is 1. The van der Waals surface area contributed by atoms with Gasteiger partial charge >= 0.3 is 6.08 Å². The highest BCUT2D eigenvalue weighted by atomic mass is 16.6. The summed E-state index contributed by atoms with van der Waals surface area (Å²) in [5.41, 5.74) is 0.875. The molecule has 0 saturated heterocycles. The second kappa shape index (κ2) is 8.14. The first-order valence-corrected chi connectivity index (χ1v) is 6.40. The summed E-state index contributed by atoms with van der Waals surface area (Å²) < 4.78 is 20.7. The minimum atomic E-state index is 0.0508. The minimum absolute atomic E-state index is 0.0508. The smallest absolute Gasteiger partial charge is 0.393 e. The molecule has 1 N–H and O–H groups in total. The Morgan fingerprint density at radius 3 is 2.63 bits per heavy atom. The van der Waals surface area contributed by atoms with Gasteiger partial charge in [0.25, 0.3) is 0 Å². The van der Waals surface area contributed by atoms with E-state index in [9.17, 15) is 0 Å². The number of hydrogen-bond acceptors (Lipinski definition) is 6. The van der Waals surface area contributed by atoms with E-state index >= 15 is 0 Å². The predicted molar refractivity (Wildman–Crippen MR) is 71.3 cm³/mol. The van der Waals surface area contributed by atoms with Gasteiger partial charge in [0.1, 0.15) is 12.9 Å². The van der Waals surface area contributed by atoms with Gasteiger partial charge in [-0.2, -0.15) is 4.98 Å². The van der Waals surface area contributed by atoms with E-state index in [1.807, 2.05) is 0 Å². The Morgan fingerprint density at radius 2 is 1.95 bits per heavy atom. The van der Waals surface area contributed by atoms with Gasteiger partial charge in [0.2, 0.25) is 0 Å². The molecule has 0 atom stereocenters. The number of hydrogen-bond donors (Lipinski definition) is 1. The van der Waals surface area contributed by atoms with Crippen LogP contribution < -0.4 is 10.1 Å². The molecule has 0 bridgehead atoms. The van der Waals surface area contributed by atoms with Crippen LogP contribution in [0.1, 0.15) is 26.5 Å². The predicted octanol–water partition coefficient (Wildman–Crippen LogP) is 1.60. The van der Waals surface area contributed by atoms with Gasteiger partial charge in [0.15, 0.2) is 0 Å². The van der Waals surface area contributed by atoms with Crippen molar-refractivity contribution in [3.05, 3.63) is 12.0 Å². The van der Waals surface area contributed by atoms with Crippen LogP contribution in [-0.2, 0) is 16.0 Å². The van der Waals surface area contributed by atoms with E-state index in [0.29, 0.717) is 33.0 Å². The fraction of sp³-hybridized carbons (Fsp3) is 0.769. The molecular weight excluding hydrogens is 248 g/mol. The van der Waals surface area contributed by atoms with E-state index in [-0.39, 0.29) is 11.6 Å². The summed E-state index contributed by atoms with van der Waals surface area (Å²) >= 11 is 0. The molecule has 0 aliphatic rings. The van der Waals surface area contributed by atoms with Crippen LogP contribution >= 0.6 is 0 Å². The van der Waals surface area contributed by atoms with Crippen molar-refractivity contribution in [1.29, 1.82) is 0 Å². The van der Waals surface area contributed by atoms with Crippen molar-refractivity contribution < 1.29 is 18.6 Å². The van der Waals surface area contributed by atoms with Crippen LogP contribution in [0.25, 0.3) is 0 Å². The maximum atomic E-state index is 5.33. The molecule has 0 amide bonds. The number of nitrogens with one attached hydrogen (secondary N) is 1. The molecule has 0 aliphatic heterocycles. The maximum absolute atomic E-state index is 5.33. The van der Waals surface area contributed by atoms with Crippen LogP contribution in [0.4, 0.5) is 0 Å². The third-order valence-corrected chi connectivity index (χ3v) is 2.22. The van der Waals surface area contributed by atoms with E-state index in [1.54, 1.807) is 13.4 Å². The summed E-state index contributed by atoms with van der Waals surface area (Å²) in [6.07, 6.45) is 1.88. The van der Waals surface area contributed by atoms with Crippen molar-refractivity contribution in [2.75, 3.05) is 33.5 Å². The summed E-state index contributed by atoms with van der Waals surface area (Å²) in [6.45, 7) is 9.00. The highest BCUT2D eigenvalue weighted by molar-refractivity contribution is 5.00. The molecule has 0 aromatic carbocycles. The van der Waals surface area contributed by atoms with Crippen LogP contribution in [0, 0.1) is 0 Å². The second-order valence-corrected chi connectivity index (χ2v) is 5.16. The Kier molecular flexibility index (Phi) is 6.83. The lowest BCUT2D eigenvalue weighted by Gasteiger charge is -2.19. The van der Waals surface area contributed by atoms with Gasteiger partial charge in [0, 0.05) is 19.2 Å². The highest BCUT2D eigenvalue weighted by Gasteiger charge is 2.11. The maximum Gasteiger partial charge on any atom is 0.393 e. The largest absolute Gasteiger partial charge is 0.448 e. The second-order valence-electron chi connectivity index (χ2n) is 5.16. The Morgan fingerprint density at radius 1 is 1.21 bits per heavy atom. The first-order valence-electron chi connectivity index (χ1n) is 6.40. The first kappa shape index (κ1) is 15.9. The lowest BCUT2D eigenvalue weighted by molar-refractivity contribution is 0.0489. The van der Waals surface area contributed by atoms with Crippen LogP contribution in [0.2, 0.25) is 0 Å². The highest BCUT2D eigenvalue weighted by Crippen LogP contribution is 2.11. The number of oxazole rings is 1. The third kappa shape index (κ3) is 7.81. The topological polar surface area (TPSA) is 65.8 Å². The van der Waals surface area contributed by atoms with E-state index < -0.39 is 0 Å². The first-order chi connectivity index (χ1) is 9.01. The van der Waals surface area contributed by atoms with Gasteiger partial charge < -0.3 is 23.9 Å². The van der Waals surface area contributed by atoms with E-state index in [0.717, 1.165) is 5.69 Å². The zero-order chi connectivity index (χ0) is 14.1. The molecule has 110 valence electrons. The zero-order valence-corrected chi connectivity index (χ0v) is 12.2. The SMILES string of the molecule is COCCOCCOc1nc(CNC(C)(C)C)co1. The summed E-state index contributed by atoms with van der Waals surface area (Å²) in [7, 11) is 1.64. The van der Waals surface area contributed by atoms with Crippen molar-refractivity contribution in [3.63, 3.8) is 0 Å². The Hall–Kier alpha value is -1.11. The fourth-order valence-corrected chi connectivity index (χ4v) is 1.22. The standard InChI is InChI=1S/C13H24N2O4/c1-13(2,3)14-9-11-10-19-12(15-11)18-8-7-17-6-5-16-4/h10,14H,5-9H2,1-4H3. The van der Waals surface area contributed by atoms with Crippen LogP contribution in [-0.4, -0.2) is 44.1 Å². The molecule has 0 radical (unpaired) electrons. The number of nitrogens with zero attached hydrogens (tertiary/aromatic N) is 1. The summed E-state index contributed by atoms with van der Waals surface area (Å²) in [5, 5.41) is 3.33. The lowest BCUT2D eigenvalue weighted by atomic mass is 10.1. The van der Waals surface area contributed by atoms with Gasteiger partial charge in [-0.15, -0.1) is 0 Å². The van der Waals surface area contributed by atoms with Gasteiger partial charge in [-0.1, -0.05) is 0 Å². The van der Waals surface area contributed by atoms with Gasteiger partial charge in [-0.3, -0.25) is 0 Å². The molecule has 0 spiro atoms. The van der Waals surface area contributed by atoms with Gasteiger partial charge in [0.05, 0.1) is 25.5 Å². The quantitative estimate of drug-likeness (QED) is 0.689. The molecule has 0 saturated carbocycles. The van der Waals surface area contributed by atoms with Crippen molar-refractivity contribution in [3.8, 4) is 6.08 Å². The Balaban J connectivity index is 2.16. The normalized spacial score (nSPS) is 11.8. The molecule has 1 rings (SSSR count). The summed E-state index contributed by atoms with van der Waals surface area (Å²) in [5.74, 6) is 0. The summed E-state index contributed by atoms with van der Waals surface area (Å²) in [4.78, 5) is 4.22. The molecule has 6 nitrogen and oxygen atoms in total. The molecule has 19 heavy (non-hydrogen) atoms. The monoisotopic (exact) mass is 272 g/mol. The number of methoxy groups -OCH3 is 1. The van der Waals surface area contributed by atoms with E-state index in [4.69, 9.17) is 18.6 Å². The number of ether oxygens (including phenoxy) is 3. The van der Waals surface area contributed by atoms with Crippen LogP contribution in [0.5, 0.6) is 6.08 Å². The molecule has 0 unspecified atom stereocenters. The molecule has 0 aliphatic carbocycles. The Labute approximate surface area is 114 Å². The van der Waals surface area contributed by atoms with Gasteiger partial charge in [-0.25, -0.2) is 0 Å². The van der Waals surface area contributed by atoms with Crippen molar-refractivity contribution in [2.24, 2.45) is 0 Å². The average Bonchev–Trinajstić information content (AvgIpc) is 2.78. The van der Waals surface area contributed by atoms with E-state index in [2.05, 4.69) is 31.1 Å². The molecule has 0 fully saturated rings. The molecule has 1 heterocycles. The minimum Gasteiger partial charge on any atom is -0.448 e. The van der Waals surface area contributed by atoms with E-state index in [1.165, 1.54) is 0 Å². The lowest BCUT2D eigenvalue weighted by Crippen LogP contribution is -2.35. The average molecular weight is 272 g/mol. The van der Waals surface area contributed by atoms with Crippen molar-refractivity contribution in [1.82, 2.24) is 10.3 Å². The number of rotatable bonds is 9. The Bertz CT molecular complexity index is 347. The van der Waals surface area contributed by atoms with Crippen molar-refractivity contribution in [2.45, 2.75) is 32.9 Å². The van der Waals surface area contributed by atoms with Crippen LogP contribution in [0.15, 0.2) is 10.7 Å². The molecule has 6 heteroatoms. The molecule has 1 aromatic rings. The summed E-state index contributed by atoms with van der Waals surface area (Å²) in [6, 6.07) is 0. The van der Waals surface area contributed by atoms with Crippen molar-refractivity contribution >= 4 is 0 Å². The third-order valence-electron chi connectivity index (χ3n) is 2.22. The molecule has 1 aromatic heterocycles. The van der Waals surface area contributed by atoms with Crippen LogP contribution in [0.3, 0.4) is 0 Å². The van der Waals surface area contributed by atoms with Gasteiger partial charge in [-0.05, 0) is 20.8 Å².